The summed E-state index contributed by atoms with van der Waals surface area (Å²) in [5, 5.41) is 18.0. The molecule has 2 aromatic rings. The summed E-state index contributed by atoms with van der Waals surface area (Å²) >= 11 is 0. The van der Waals surface area contributed by atoms with E-state index in [0.717, 1.165) is 36.8 Å². The number of piperidine rings is 2. The fraction of sp³-hybridized carbons (Fsp3) is 0.579. The number of benzene rings is 1. The normalized spacial score (nSPS) is 23.4. The van der Waals surface area contributed by atoms with E-state index in [1.165, 1.54) is 4.80 Å². The second-order valence-electron chi connectivity index (χ2n) is 7.68. The van der Waals surface area contributed by atoms with Gasteiger partial charge < -0.3 is 14.9 Å². The second-order valence-corrected chi connectivity index (χ2v) is 7.68. The summed E-state index contributed by atoms with van der Waals surface area (Å²) in [6.07, 6.45) is 3.24. The number of rotatable bonds is 4. The highest BCUT2D eigenvalue weighted by molar-refractivity contribution is 5.78. The maximum Gasteiger partial charge on any atom is 0.246 e. The van der Waals surface area contributed by atoms with E-state index < -0.39 is 0 Å². The molecule has 2 amide bonds. The Morgan fingerprint density at radius 1 is 1.15 bits per heavy atom. The molecule has 1 spiro atoms. The molecule has 8 heteroatoms. The van der Waals surface area contributed by atoms with Gasteiger partial charge in [0.15, 0.2) is 0 Å². The van der Waals surface area contributed by atoms with Crippen LogP contribution in [-0.2, 0) is 16.1 Å². The van der Waals surface area contributed by atoms with Crippen molar-refractivity contribution in [1.82, 2.24) is 24.8 Å². The maximum atomic E-state index is 12.8. The zero-order chi connectivity index (χ0) is 18.9. The van der Waals surface area contributed by atoms with Crippen LogP contribution >= 0.6 is 0 Å². The van der Waals surface area contributed by atoms with Gasteiger partial charge in [-0.3, -0.25) is 9.59 Å². The van der Waals surface area contributed by atoms with Gasteiger partial charge >= 0.3 is 0 Å². The smallest absolute Gasteiger partial charge is 0.246 e. The van der Waals surface area contributed by atoms with Crippen molar-refractivity contribution in [1.29, 1.82) is 0 Å². The number of likely N-dealkylation sites (tertiary alicyclic amines) is 2. The highest BCUT2D eigenvalue weighted by Crippen LogP contribution is 2.38. The fourth-order valence-corrected chi connectivity index (χ4v) is 4.38. The van der Waals surface area contributed by atoms with Crippen molar-refractivity contribution in [2.24, 2.45) is 5.41 Å². The quantitative estimate of drug-likeness (QED) is 0.852. The first-order valence-corrected chi connectivity index (χ1v) is 9.55. The van der Waals surface area contributed by atoms with Gasteiger partial charge in [-0.25, -0.2) is 0 Å². The number of aliphatic hydroxyl groups is 1. The van der Waals surface area contributed by atoms with Crippen LogP contribution in [0.2, 0.25) is 0 Å². The van der Waals surface area contributed by atoms with Gasteiger partial charge in [0.05, 0.1) is 6.61 Å². The predicted molar refractivity (Wildman–Crippen MR) is 98.7 cm³/mol. The van der Waals surface area contributed by atoms with Crippen molar-refractivity contribution < 1.29 is 14.7 Å². The van der Waals surface area contributed by atoms with E-state index in [9.17, 15) is 14.7 Å². The molecule has 3 heterocycles. The summed E-state index contributed by atoms with van der Waals surface area (Å²) in [6, 6.07) is 7.57. The number of carbonyl (C=O) groups excluding carboxylic acids is 2. The molecule has 0 bridgehead atoms. The number of carbonyl (C=O) groups is 2. The molecule has 1 atom stereocenters. The molecule has 27 heavy (non-hydrogen) atoms. The van der Waals surface area contributed by atoms with Crippen LogP contribution in [-0.4, -0.2) is 74.5 Å². The number of hydrogen-bond acceptors (Lipinski definition) is 5. The van der Waals surface area contributed by atoms with Gasteiger partial charge in [-0.2, -0.15) is 15.0 Å². The Kier molecular flexibility index (Phi) is 4.82. The van der Waals surface area contributed by atoms with Crippen LogP contribution < -0.4 is 0 Å². The molecule has 0 radical (unpaired) electrons. The molecular formula is C19H25N5O3. The Hall–Kier alpha value is -2.48. The zero-order valence-corrected chi connectivity index (χ0v) is 15.4. The number of β-amino-alcohol motifs (C(OH)–C–C–N with tert-alkyl or cyclic N) is 1. The van der Waals surface area contributed by atoms with Crippen molar-refractivity contribution in [2.45, 2.75) is 32.2 Å². The first kappa shape index (κ1) is 17.9. The number of hydrogen-bond donors (Lipinski definition) is 1. The van der Waals surface area contributed by atoms with Crippen LogP contribution in [0.3, 0.4) is 0 Å². The summed E-state index contributed by atoms with van der Waals surface area (Å²) in [7, 11) is 0. The first-order chi connectivity index (χ1) is 13.1. The average Bonchev–Trinajstić information content (AvgIpc) is 3.07. The Bertz CT molecular complexity index is 818. The Morgan fingerprint density at radius 2 is 1.89 bits per heavy atom. The third-order valence-electron chi connectivity index (χ3n) is 5.74. The zero-order valence-electron chi connectivity index (χ0n) is 15.4. The molecule has 144 valence electrons. The van der Waals surface area contributed by atoms with Gasteiger partial charge in [0.1, 0.15) is 17.6 Å². The number of aromatic nitrogens is 3. The third kappa shape index (κ3) is 3.66. The van der Waals surface area contributed by atoms with E-state index in [4.69, 9.17) is 0 Å². The molecule has 2 aliphatic rings. The minimum Gasteiger partial charge on any atom is -0.395 e. The van der Waals surface area contributed by atoms with Gasteiger partial charge in [-0.05, 0) is 31.4 Å². The van der Waals surface area contributed by atoms with Crippen molar-refractivity contribution >= 4 is 22.8 Å². The lowest BCUT2D eigenvalue weighted by molar-refractivity contribution is -0.143. The molecule has 0 aliphatic carbocycles. The Balaban J connectivity index is 1.44. The van der Waals surface area contributed by atoms with Gasteiger partial charge in [0, 0.05) is 38.0 Å². The van der Waals surface area contributed by atoms with Crippen molar-refractivity contribution in [2.75, 3.05) is 32.8 Å². The van der Waals surface area contributed by atoms with E-state index in [0.29, 0.717) is 26.1 Å². The van der Waals surface area contributed by atoms with E-state index in [1.54, 1.807) is 4.90 Å². The maximum absolute atomic E-state index is 12.8. The monoisotopic (exact) mass is 371 g/mol. The van der Waals surface area contributed by atoms with Crippen molar-refractivity contribution in [3.63, 3.8) is 0 Å². The molecule has 0 unspecified atom stereocenters. The molecule has 2 fully saturated rings. The minimum atomic E-state index is -0.0563. The van der Waals surface area contributed by atoms with Gasteiger partial charge in [-0.1, -0.05) is 12.1 Å². The fourth-order valence-electron chi connectivity index (χ4n) is 4.38. The summed E-state index contributed by atoms with van der Waals surface area (Å²) < 4.78 is 0. The topological polar surface area (TPSA) is 91.6 Å². The third-order valence-corrected chi connectivity index (χ3v) is 5.74. The number of nitrogens with zero attached hydrogens (tertiary/aromatic N) is 5. The largest absolute Gasteiger partial charge is 0.395 e. The van der Waals surface area contributed by atoms with Crippen LogP contribution in [0.1, 0.15) is 25.7 Å². The summed E-state index contributed by atoms with van der Waals surface area (Å²) in [5.41, 5.74) is 1.51. The van der Waals surface area contributed by atoms with E-state index in [-0.39, 0.29) is 30.4 Å². The molecule has 1 N–H and O–H groups in total. The van der Waals surface area contributed by atoms with Crippen molar-refractivity contribution in [3.8, 4) is 0 Å². The lowest BCUT2D eigenvalue weighted by Gasteiger charge is -2.48. The Labute approximate surface area is 157 Å². The molecule has 2 saturated heterocycles. The van der Waals surface area contributed by atoms with Crippen LogP contribution in [0.25, 0.3) is 11.0 Å². The SMILES string of the molecule is O=C1CC[C@]2(CCCN(C(=O)Cn3nc4ccccc4n3)C2)CN1CCO. The molecule has 2 aliphatic heterocycles. The lowest BCUT2D eigenvalue weighted by atomic mass is 9.73. The summed E-state index contributed by atoms with van der Waals surface area (Å²) in [6.45, 7) is 2.49. The Morgan fingerprint density at radius 3 is 2.59 bits per heavy atom. The predicted octanol–water partition coefficient (Wildman–Crippen LogP) is 0.655. The van der Waals surface area contributed by atoms with Crippen LogP contribution in [0, 0.1) is 5.41 Å². The molecular weight excluding hydrogens is 346 g/mol. The van der Waals surface area contributed by atoms with Gasteiger partial charge in [-0.15, -0.1) is 0 Å². The molecule has 0 saturated carbocycles. The van der Waals surface area contributed by atoms with Crippen molar-refractivity contribution in [3.05, 3.63) is 24.3 Å². The summed E-state index contributed by atoms with van der Waals surface area (Å²) in [4.78, 5) is 30.0. The highest BCUT2D eigenvalue weighted by Gasteiger charge is 2.42. The average molecular weight is 371 g/mol. The van der Waals surface area contributed by atoms with Gasteiger partial charge in [0.25, 0.3) is 0 Å². The molecule has 1 aromatic carbocycles. The number of amides is 2. The minimum absolute atomic E-state index is 0.0139. The van der Waals surface area contributed by atoms with Crippen LogP contribution in [0.15, 0.2) is 24.3 Å². The van der Waals surface area contributed by atoms with E-state index in [1.807, 2.05) is 29.2 Å². The molecule has 8 nitrogen and oxygen atoms in total. The number of fused-ring (bicyclic) bond motifs is 1. The highest BCUT2D eigenvalue weighted by atomic mass is 16.3. The molecule has 4 rings (SSSR count). The second kappa shape index (κ2) is 7.26. The number of aliphatic hydroxyl groups excluding tert-OH is 1. The van der Waals surface area contributed by atoms with E-state index in [2.05, 4.69) is 10.2 Å². The lowest BCUT2D eigenvalue weighted by Crippen LogP contribution is -2.55. The first-order valence-electron chi connectivity index (χ1n) is 9.55. The van der Waals surface area contributed by atoms with Crippen LogP contribution in [0.5, 0.6) is 0 Å². The van der Waals surface area contributed by atoms with Gasteiger partial charge in [0.2, 0.25) is 11.8 Å². The molecule has 1 aromatic heterocycles. The van der Waals surface area contributed by atoms with E-state index >= 15 is 0 Å². The standard InChI is InChI=1S/C19H25N5O3/c25-11-10-23-14-19(8-6-17(23)26)7-3-9-22(13-19)18(27)12-24-20-15-4-1-2-5-16(15)21-24/h1-2,4-5,25H,3,6-14H2/t19-/m0/s1. The summed E-state index contributed by atoms with van der Waals surface area (Å²) in [5.74, 6) is 0.116. The van der Waals surface area contributed by atoms with Crippen LogP contribution in [0.4, 0.5) is 0 Å².